The molecule has 2 aliphatic rings. The van der Waals surface area contributed by atoms with Gasteiger partial charge in [-0.2, -0.15) is 0 Å². The van der Waals surface area contributed by atoms with Gasteiger partial charge in [-0.1, -0.05) is 9.83 Å². The number of carbonyl (C=O) groups excluding carboxylic acids is 4. The third kappa shape index (κ3) is 7.63. The number of aromatic carboxylic acids is 1. The van der Waals surface area contributed by atoms with Gasteiger partial charge < -0.3 is 30.9 Å². The minimum Gasteiger partial charge on any atom is -0.543 e. The van der Waals surface area contributed by atoms with Crippen molar-refractivity contribution in [1.29, 1.82) is 0 Å². The zero-order chi connectivity index (χ0) is 33.1. The number of benzene rings is 1. The molecule has 0 bridgehead atoms. The number of rotatable bonds is 11. The van der Waals surface area contributed by atoms with E-state index in [9.17, 15) is 29.1 Å². The summed E-state index contributed by atoms with van der Waals surface area (Å²) in [4.78, 5) is 72.8. The van der Waals surface area contributed by atoms with Gasteiger partial charge in [0.2, 0.25) is 12.4 Å². The van der Waals surface area contributed by atoms with Gasteiger partial charge in [0.15, 0.2) is 10.8 Å². The van der Waals surface area contributed by atoms with Gasteiger partial charge in [-0.25, -0.2) is 9.78 Å². The number of anilines is 1. The van der Waals surface area contributed by atoms with Crippen LogP contribution in [0.5, 0.6) is 0 Å². The Balaban J connectivity index is 0.00000500. The molecule has 47 heavy (non-hydrogen) atoms. The Bertz CT molecular complexity index is 1780. The number of carboxylic acid groups (broad SMARTS) is 2. The smallest absolute Gasteiger partial charge is 0.543 e. The first-order valence-corrected chi connectivity index (χ1v) is 16.2. The molecule has 19 heteroatoms. The van der Waals surface area contributed by atoms with Crippen LogP contribution in [-0.2, 0) is 19.2 Å². The number of fused-ring (bicyclic) bond motifs is 1. The number of carboxylic acids is 2. The molecular formula is C28H25N7NaO8S3+. The number of nitrogen functional groups attached to an aromatic ring is 1. The van der Waals surface area contributed by atoms with Crippen molar-refractivity contribution in [2.24, 2.45) is 5.16 Å². The number of nitrogens with zero attached hydrogens (tertiary/aromatic N) is 5. The Hall–Kier alpha value is -3.94. The van der Waals surface area contributed by atoms with Crippen LogP contribution in [0.25, 0.3) is 0 Å². The molecule has 0 saturated carbocycles. The van der Waals surface area contributed by atoms with Crippen LogP contribution >= 0.6 is 34.9 Å². The number of thiazole rings is 1. The van der Waals surface area contributed by atoms with Crippen LogP contribution < -0.4 is 55.4 Å². The molecule has 2 aromatic heterocycles. The number of carbonyl (C=O) groups is 5. The van der Waals surface area contributed by atoms with E-state index in [1.165, 1.54) is 65.3 Å². The molecule has 238 valence electrons. The van der Waals surface area contributed by atoms with Gasteiger partial charge >= 0.3 is 41.4 Å². The van der Waals surface area contributed by atoms with Crippen LogP contribution in [0.4, 0.5) is 5.13 Å². The molecule has 1 aromatic carbocycles. The van der Waals surface area contributed by atoms with E-state index in [-0.39, 0.29) is 74.8 Å². The van der Waals surface area contributed by atoms with E-state index in [4.69, 9.17) is 15.7 Å². The first-order chi connectivity index (χ1) is 22.0. The Kier molecular flexibility index (Phi) is 11.7. The number of β-lactam (4-membered cyclic amide) rings is 1. The van der Waals surface area contributed by atoms with Crippen molar-refractivity contribution in [2.45, 2.75) is 16.3 Å². The van der Waals surface area contributed by atoms with Crippen LogP contribution in [0.15, 0.2) is 75.5 Å². The first kappa shape index (κ1) is 35.9. The van der Waals surface area contributed by atoms with Crippen LogP contribution in [0.2, 0.25) is 0 Å². The number of amides is 3. The third-order valence-corrected chi connectivity index (χ3v) is 10.0. The molecular weight excluding hydrogens is 682 g/mol. The van der Waals surface area contributed by atoms with E-state index in [0.717, 1.165) is 21.1 Å². The molecule has 2 aliphatic heterocycles. The third-order valence-electron chi connectivity index (χ3n) is 6.90. The largest absolute Gasteiger partial charge is 1.00 e. The topological polar surface area (TPSA) is 212 Å². The van der Waals surface area contributed by atoms with E-state index in [0.29, 0.717) is 11.1 Å². The van der Waals surface area contributed by atoms with Crippen molar-refractivity contribution in [3.8, 4) is 0 Å². The standard InChI is InChI=1S/C28H25N7O8S3.Na/c1-33(23(37)14-3-5-15(6-4-14)26(39)40)34-9-7-17(8-10-34)44-11-16-12-45-25-20(24(38)35(25)21(16)27(41)42)31-22(36)19(32-43-2)18-13-46-28(29)30-18;/h3-10,13,20,25H,11-12H2,1-2H3,(H4-,29,30,31,36,39,40,41,42);/q;+1/b32-19+;/t20-,25-;/m1./s1. The molecule has 2 atom stereocenters. The molecule has 0 radical (unpaired) electrons. The molecule has 4 heterocycles. The zero-order valence-electron chi connectivity index (χ0n) is 25.1. The fraction of sp³-hybridized carbons (Fsp3) is 0.214. The van der Waals surface area contributed by atoms with Gasteiger partial charge in [0.05, 0.1) is 24.3 Å². The van der Waals surface area contributed by atoms with Gasteiger partial charge in [0.25, 0.3) is 11.8 Å². The average Bonchev–Trinajstić information content (AvgIpc) is 3.49. The minimum atomic E-state index is -1.50. The average molecular weight is 707 g/mol. The monoisotopic (exact) mass is 706 g/mol. The Morgan fingerprint density at radius 3 is 2.45 bits per heavy atom. The summed E-state index contributed by atoms with van der Waals surface area (Å²) in [5.74, 6) is -3.75. The molecule has 1 saturated heterocycles. The van der Waals surface area contributed by atoms with Crippen molar-refractivity contribution in [1.82, 2.24) is 15.2 Å². The normalized spacial score (nSPS) is 17.2. The number of aliphatic carboxylic acids is 1. The predicted octanol–water partition coefficient (Wildman–Crippen LogP) is -3.33. The summed E-state index contributed by atoms with van der Waals surface area (Å²) in [6.45, 7) is 0. The van der Waals surface area contributed by atoms with Crippen LogP contribution in [0.3, 0.4) is 0 Å². The van der Waals surface area contributed by atoms with E-state index >= 15 is 0 Å². The SMILES string of the molecule is CO/N=C(/C(=O)N[C@@H]1C(=O)N2C(C(=O)[O-])=C(CSc3cc[n+](N(C)C(=O)c4ccc(C(=O)O)cc4)cc3)CS[C@H]12)c1csc(N)n1.[Na+]. The van der Waals surface area contributed by atoms with Crippen molar-refractivity contribution < 1.29 is 73.3 Å². The number of aromatic nitrogens is 2. The van der Waals surface area contributed by atoms with Gasteiger partial charge in [-0.05, 0) is 29.8 Å². The first-order valence-electron chi connectivity index (χ1n) is 13.3. The summed E-state index contributed by atoms with van der Waals surface area (Å²) in [7, 11) is 2.82. The number of thioether (sulfide) groups is 2. The molecule has 1 fully saturated rings. The molecule has 3 amide bonds. The van der Waals surface area contributed by atoms with Gasteiger partial charge in [-0.15, -0.1) is 39.9 Å². The molecule has 0 spiro atoms. The number of hydrogen-bond donors (Lipinski definition) is 3. The molecule has 4 N–H and O–H groups in total. The number of pyridine rings is 1. The minimum absolute atomic E-state index is 0. The fourth-order valence-corrected chi connectivity index (χ4v) is 7.52. The Labute approximate surface area is 302 Å². The molecule has 0 unspecified atom stereocenters. The number of nitrogens with two attached hydrogens (primary N) is 1. The summed E-state index contributed by atoms with van der Waals surface area (Å²) in [6, 6.07) is 8.08. The predicted molar refractivity (Wildman–Crippen MR) is 166 cm³/mol. The summed E-state index contributed by atoms with van der Waals surface area (Å²) >= 11 is 3.75. The summed E-state index contributed by atoms with van der Waals surface area (Å²) in [5.41, 5.74) is 6.29. The number of oxime groups is 1. The summed E-state index contributed by atoms with van der Waals surface area (Å²) in [5, 5.41) is 30.0. The molecule has 3 aromatic rings. The maximum absolute atomic E-state index is 13.1. The Morgan fingerprint density at radius 1 is 1.21 bits per heavy atom. The second-order valence-corrected chi connectivity index (χ2v) is 12.8. The second kappa shape index (κ2) is 15.3. The second-order valence-electron chi connectivity index (χ2n) is 9.71. The maximum Gasteiger partial charge on any atom is 1.00 e. The number of hydrogen-bond acceptors (Lipinski definition) is 13. The fourth-order valence-electron chi connectivity index (χ4n) is 4.60. The number of nitrogens with one attached hydrogen (secondary N) is 1. The van der Waals surface area contributed by atoms with Gasteiger partial charge in [-0.3, -0.25) is 19.3 Å². The Morgan fingerprint density at radius 2 is 1.87 bits per heavy atom. The molecule has 15 nitrogen and oxygen atoms in total. The summed E-state index contributed by atoms with van der Waals surface area (Å²) < 4.78 is 1.55. The van der Waals surface area contributed by atoms with E-state index in [2.05, 4.69) is 15.5 Å². The van der Waals surface area contributed by atoms with Crippen molar-refractivity contribution in [3.63, 3.8) is 0 Å². The summed E-state index contributed by atoms with van der Waals surface area (Å²) in [6.07, 6.45) is 3.30. The van der Waals surface area contributed by atoms with Crippen LogP contribution in [0, 0.1) is 0 Å². The van der Waals surface area contributed by atoms with Crippen LogP contribution in [-0.4, -0.2) is 87.4 Å². The van der Waals surface area contributed by atoms with E-state index in [1.807, 2.05) is 0 Å². The molecule has 5 rings (SSSR count). The van der Waals surface area contributed by atoms with E-state index in [1.54, 1.807) is 36.3 Å². The van der Waals surface area contributed by atoms with Gasteiger partial charge in [0.1, 0.15) is 24.2 Å². The molecule has 0 aliphatic carbocycles. The van der Waals surface area contributed by atoms with Crippen molar-refractivity contribution in [2.75, 3.05) is 36.4 Å². The van der Waals surface area contributed by atoms with Crippen molar-refractivity contribution in [3.05, 3.63) is 82.3 Å². The van der Waals surface area contributed by atoms with Crippen LogP contribution in [0.1, 0.15) is 26.4 Å². The van der Waals surface area contributed by atoms with Gasteiger partial charge in [0, 0.05) is 39.5 Å². The van der Waals surface area contributed by atoms with E-state index < -0.39 is 35.2 Å². The quantitative estimate of drug-likeness (QED) is 0.0447. The zero-order valence-corrected chi connectivity index (χ0v) is 29.6. The van der Waals surface area contributed by atoms with Crippen molar-refractivity contribution >= 4 is 75.4 Å². The maximum atomic E-state index is 13.1.